The second kappa shape index (κ2) is 7.70. The summed E-state index contributed by atoms with van der Waals surface area (Å²) in [5.41, 5.74) is 1.04. The van der Waals surface area contributed by atoms with Crippen LogP contribution in [0.5, 0.6) is 0 Å². The molecule has 158 valence electrons. The third-order valence-electron chi connectivity index (χ3n) is 5.37. The fourth-order valence-corrected chi connectivity index (χ4v) is 3.92. The minimum atomic E-state index is -4.58. The molecule has 9 heteroatoms. The van der Waals surface area contributed by atoms with Gasteiger partial charge in [-0.1, -0.05) is 18.2 Å². The Hall–Kier alpha value is -2.97. The van der Waals surface area contributed by atoms with Crippen LogP contribution in [0.2, 0.25) is 0 Å². The molecular weight excluding hydrogens is 405 g/mol. The average molecular weight is 423 g/mol. The minimum Gasteiger partial charge on any atom is -0.342 e. The molecule has 0 N–H and O–H groups in total. The van der Waals surface area contributed by atoms with Gasteiger partial charge in [0.25, 0.3) is 0 Å². The molecule has 2 aromatic carbocycles. The van der Waals surface area contributed by atoms with E-state index in [-0.39, 0.29) is 30.9 Å². The van der Waals surface area contributed by atoms with Crippen molar-refractivity contribution in [3.8, 4) is 0 Å². The number of carbonyl (C=O) groups is 1. The molecule has 0 spiro atoms. The first-order chi connectivity index (χ1) is 14.2. The van der Waals surface area contributed by atoms with Crippen molar-refractivity contribution in [2.45, 2.75) is 31.5 Å². The largest absolute Gasteiger partial charge is 0.449 e. The fourth-order valence-electron chi connectivity index (χ4n) is 3.92. The van der Waals surface area contributed by atoms with E-state index in [0.717, 1.165) is 12.1 Å². The van der Waals surface area contributed by atoms with Gasteiger partial charge in [-0.25, -0.2) is 13.8 Å². The Bertz CT molecular complexity index is 1080. The van der Waals surface area contributed by atoms with Gasteiger partial charge in [0, 0.05) is 19.1 Å². The van der Waals surface area contributed by atoms with Crippen LogP contribution in [0.25, 0.3) is 11.0 Å². The Kier molecular flexibility index (Phi) is 5.21. The summed E-state index contributed by atoms with van der Waals surface area (Å²) < 4.78 is 68.2. The molecule has 0 radical (unpaired) electrons. The number of fused-ring (bicyclic) bond motifs is 1. The zero-order valence-electron chi connectivity index (χ0n) is 15.8. The summed E-state index contributed by atoms with van der Waals surface area (Å²) in [5.74, 6) is -3.22. The lowest BCUT2D eigenvalue weighted by Gasteiger charge is -2.34. The molecule has 0 unspecified atom stereocenters. The van der Waals surface area contributed by atoms with Gasteiger partial charge >= 0.3 is 6.18 Å². The van der Waals surface area contributed by atoms with E-state index in [4.69, 9.17) is 0 Å². The van der Waals surface area contributed by atoms with Crippen molar-refractivity contribution in [2.24, 2.45) is 0 Å². The van der Waals surface area contributed by atoms with Crippen LogP contribution in [0.4, 0.5) is 22.0 Å². The highest BCUT2D eigenvalue weighted by molar-refractivity contribution is 5.79. The molecule has 1 aliphatic heterocycles. The predicted octanol–water partition coefficient (Wildman–Crippen LogP) is 4.74. The number of aromatic nitrogens is 2. The second-order valence-corrected chi connectivity index (χ2v) is 7.33. The Morgan fingerprint density at radius 1 is 1.03 bits per heavy atom. The van der Waals surface area contributed by atoms with Gasteiger partial charge in [0.2, 0.25) is 11.7 Å². The lowest BCUT2D eigenvalue weighted by atomic mass is 10.0. The van der Waals surface area contributed by atoms with Crippen molar-refractivity contribution in [1.82, 2.24) is 14.5 Å². The van der Waals surface area contributed by atoms with Gasteiger partial charge in [-0.15, -0.1) is 0 Å². The van der Waals surface area contributed by atoms with E-state index in [1.165, 1.54) is 10.6 Å². The predicted molar refractivity (Wildman–Crippen MR) is 99.6 cm³/mol. The zero-order chi connectivity index (χ0) is 21.5. The van der Waals surface area contributed by atoms with Crippen molar-refractivity contribution in [3.63, 3.8) is 0 Å². The topological polar surface area (TPSA) is 38.1 Å². The van der Waals surface area contributed by atoms with Gasteiger partial charge < -0.3 is 9.47 Å². The highest BCUT2D eigenvalue weighted by Gasteiger charge is 2.40. The van der Waals surface area contributed by atoms with Crippen LogP contribution in [-0.2, 0) is 17.4 Å². The van der Waals surface area contributed by atoms with E-state index in [1.807, 2.05) is 0 Å². The van der Waals surface area contributed by atoms with Gasteiger partial charge in [-0.05, 0) is 42.7 Å². The molecule has 1 aliphatic rings. The van der Waals surface area contributed by atoms with E-state index >= 15 is 0 Å². The molecule has 1 amide bonds. The van der Waals surface area contributed by atoms with Crippen LogP contribution in [-0.4, -0.2) is 33.4 Å². The van der Waals surface area contributed by atoms with Crippen LogP contribution in [0.1, 0.15) is 30.3 Å². The summed E-state index contributed by atoms with van der Waals surface area (Å²) in [6, 6.07) is 9.30. The molecule has 1 aromatic heterocycles. The summed E-state index contributed by atoms with van der Waals surface area (Å²) >= 11 is 0. The monoisotopic (exact) mass is 423 g/mol. The molecule has 30 heavy (non-hydrogen) atoms. The minimum absolute atomic E-state index is 0.0936. The van der Waals surface area contributed by atoms with Crippen LogP contribution in [0.15, 0.2) is 42.5 Å². The van der Waals surface area contributed by atoms with Crippen molar-refractivity contribution < 1.29 is 26.7 Å². The smallest absolute Gasteiger partial charge is 0.342 e. The summed E-state index contributed by atoms with van der Waals surface area (Å²) in [5, 5.41) is 0. The first-order valence-corrected chi connectivity index (χ1v) is 9.50. The molecule has 0 aliphatic carbocycles. The van der Waals surface area contributed by atoms with E-state index in [0.29, 0.717) is 23.9 Å². The summed E-state index contributed by atoms with van der Waals surface area (Å²) in [4.78, 5) is 17.8. The molecule has 0 atom stereocenters. The average Bonchev–Trinajstić information content (AvgIpc) is 3.11. The van der Waals surface area contributed by atoms with Crippen LogP contribution in [0, 0.1) is 11.6 Å². The van der Waals surface area contributed by atoms with Gasteiger partial charge in [-0.2, -0.15) is 13.2 Å². The number of hydrogen-bond donors (Lipinski definition) is 0. The van der Waals surface area contributed by atoms with Crippen LogP contribution >= 0.6 is 0 Å². The molecule has 2 heterocycles. The maximum absolute atomic E-state index is 13.5. The maximum atomic E-state index is 13.5. The normalized spacial score (nSPS) is 15.7. The molecule has 0 bridgehead atoms. The Morgan fingerprint density at radius 2 is 1.73 bits per heavy atom. The number of piperidine rings is 1. The Labute approximate surface area is 168 Å². The number of benzene rings is 2. The number of nitrogens with zero attached hydrogens (tertiary/aromatic N) is 3. The fraction of sp³-hybridized carbons (Fsp3) is 0.333. The molecule has 3 aromatic rings. The summed E-state index contributed by atoms with van der Waals surface area (Å²) in [7, 11) is 0. The first kappa shape index (κ1) is 20.3. The number of para-hydroxylation sites is 2. The lowest BCUT2D eigenvalue weighted by Crippen LogP contribution is -2.40. The molecule has 0 saturated carbocycles. The Morgan fingerprint density at radius 3 is 2.40 bits per heavy atom. The third-order valence-corrected chi connectivity index (χ3v) is 5.37. The quantitative estimate of drug-likeness (QED) is 0.571. The van der Waals surface area contributed by atoms with Gasteiger partial charge in [0.05, 0.1) is 17.5 Å². The standard InChI is InChI=1S/C21H18F5N3O/c22-15-6-5-13(11-16(15)23)12-19(30)28-9-7-14(8-10-28)29-18-4-2-1-3-17(18)27-20(29)21(24,25)26/h1-6,11,14H,7-10,12H2. The van der Waals surface area contributed by atoms with E-state index < -0.39 is 29.7 Å². The number of likely N-dealkylation sites (tertiary alicyclic amines) is 1. The molecule has 4 nitrogen and oxygen atoms in total. The zero-order valence-corrected chi connectivity index (χ0v) is 15.8. The number of rotatable bonds is 3. The van der Waals surface area contributed by atoms with E-state index in [9.17, 15) is 26.7 Å². The van der Waals surface area contributed by atoms with Crippen molar-refractivity contribution in [3.05, 3.63) is 65.5 Å². The van der Waals surface area contributed by atoms with Crippen molar-refractivity contribution >= 4 is 16.9 Å². The number of halogens is 5. The van der Waals surface area contributed by atoms with E-state index in [1.54, 1.807) is 29.2 Å². The molecule has 1 saturated heterocycles. The highest BCUT2D eigenvalue weighted by Crippen LogP contribution is 2.36. The highest BCUT2D eigenvalue weighted by atomic mass is 19.4. The number of carbonyl (C=O) groups excluding carboxylic acids is 1. The van der Waals surface area contributed by atoms with Crippen LogP contribution in [0.3, 0.4) is 0 Å². The maximum Gasteiger partial charge on any atom is 0.449 e. The van der Waals surface area contributed by atoms with E-state index in [2.05, 4.69) is 4.98 Å². The number of hydrogen-bond acceptors (Lipinski definition) is 2. The Balaban J connectivity index is 1.49. The third kappa shape index (κ3) is 3.88. The summed E-state index contributed by atoms with van der Waals surface area (Å²) in [6.45, 7) is 0.550. The van der Waals surface area contributed by atoms with Crippen LogP contribution < -0.4 is 0 Å². The van der Waals surface area contributed by atoms with Crippen molar-refractivity contribution in [1.29, 1.82) is 0 Å². The molecular formula is C21H18F5N3O. The second-order valence-electron chi connectivity index (χ2n) is 7.33. The molecule has 4 rings (SSSR count). The molecule has 1 fully saturated rings. The summed E-state index contributed by atoms with van der Waals surface area (Å²) in [6.07, 6.45) is -4.00. The SMILES string of the molecule is O=C(Cc1ccc(F)c(F)c1)N1CCC(n2c(C(F)(F)F)nc3ccccc32)CC1. The number of alkyl halides is 3. The number of amides is 1. The lowest BCUT2D eigenvalue weighted by molar-refractivity contribution is -0.148. The first-order valence-electron chi connectivity index (χ1n) is 9.50. The van der Waals surface area contributed by atoms with Gasteiger partial charge in [0.1, 0.15) is 0 Å². The number of imidazole rings is 1. The van der Waals surface area contributed by atoms with Gasteiger partial charge in [-0.3, -0.25) is 4.79 Å². The van der Waals surface area contributed by atoms with Crippen molar-refractivity contribution in [2.75, 3.05) is 13.1 Å². The van der Waals surface area contributed by atoms with Gasteiger partial charge in [0.15, 0.2) is 11.6 Å².